The van der Waals surface area contributed by atoms with Gasteiger partial charge in [-0.2, -0.15) is 18.3 Å². The van der Waals surface area contributed by atoms with Crippen LogP contribution >= 0.6 is 12.2 Å². The molecule has 1 aliphatic carbocycles. The minimum absolute atomic E-state index is 0.507. The molecule has 1 fully saturated rings. The molecular formula is C17H21F3N4S. The summed E-state index contributed by atoms with van der Waals surface area (Å²) in [4.78, 5) is 1.99. The number of halogens is 3. The van der Waals surface area contributed by atoms with Gasteiger partial charge in [0.1, 0.15) is 5.82 Å². The van der Waals surface area contributed by atoms with Crippen molar-refractivity contribution in [2.75, 3.05) is 7.05 Å². The van der Waals surface area contributed by atoms with Crippen molar-refractivity contribution in [3.05, 3.63) is 46.0 Å². The zero-order valence-corrected chi connectivity index (χ0v) is 15.1. The van der Waals surface area contributed by atoms with E-state index in [1.807, 2.05) is 11.9 Å². The highest BCUT2D eigenvalue weighted by Gasteiger charge is 2.30. The highest BCUT2D eigenvalue weighted by atomic mass is 32.1. The number of nitrogens with zero attached hydrogens (tertiary/aromatic N) is 4. The molecule has 3 rings (SSSR count). The van der Waals surface area contributed by atoms with E-state index in [1.54, 1.807) is 4.68 Å². The van der Waals surface area contributed by atoms with Crippen LogP contribution in [0.15, 0.2) is 24.3 Å². The molecule has 0 atom stereocenters. The Morgan fingerprint density at radius 2 is 1.88 bits per heavy atom. The fourth-order valence-corrected chi connectivity index (χ4v) is 3.20. The van der Waals surface area contributed by atoms with Gasteiger partial charge >= 0.3 is 6.18 Å². The second-order valence-corrected chi connectivity index (χ2v) is 6.87. The van der Waals surface area contributed by atoms with E-state index < -0.39 is 11.7 Å². The molecule has 0 aliphatic heterocycles. The fourth-order valence-electron chi connectivity index (χ4n) is 2.88. The molecular weight excluding hydrogens is 349 g/mol. The highest BCUT2D eigenvalue weighted by Crippen LogP contribution is 2.39. The molecule has 0 amide bonds. The van der Waals surface area contributed by atoms with E-state index in [-0.39, 0.29) is 0 Å². The van der Waals surface area contributed by atoms with E-state index in [4.69, 9.17) is 12.2 Å². The molecule has 2 aromatic rings. The zero-order valence-electron chi connectivity index (χ0n) is 14.3. The van der Waals surface area contributed by atoms with Crippen molar-refractivity contribution in [3.8, 4) is 0 Å². The number of alkyl halides is 3. The van der Waals surface area contributed by atoms with Gasteiger partial charge in [-0.15, -0.1) is 0 Å². The van der Waals surface area contributed by atoms with E-state index in [0.717, 1.165) is 42.9 Å². The van der Waals surface area contributed by atoms with Gasteiger partial charge in [0, 0.05) is 19.0 Å². The molecule has 1 saturated carbocycles. The van der Waals surface area contributed by atoms with Crippen molar-refractivity contribution in [1.82, 2.24) is 19.2 Å². The molecule has 0 bridgehead atoms. The number of hydrogen-bond acceptors (Lipinski definition) is 3. The topological polar surface area (TPSA) is 26.0 Å². The van der Waals surface area contributed by atoms with Gasteiger partial charge < -0.3 is 4.57 Å². The predicted octanol–water partition coefficient (Wildman–Crippen LogP) is 4.42. The molecule has 8 heteroatoms. The van der Waals surface area contributed by atoms with Crippen LogP contribution < -0.4 is 0 Å². The van der Waals surface area contributed by atoms with Gasteiger partial charge in [-0.25, -0.2) is 4.68 Å². The minimum atomic E-state index is -4.30. The van der Waals surface area contributed by atoms with Gasteiger partial charge in [-0.1, -0.05) is 12.1 Å². The Hall–Kier alpha value is -1.67. The zero-order chi connectivity index (χ0) is 18.2. The SMILES string of the molecule is CCn1c(C2CC2)nn(CN(C)Cc2ccc(C(F)(F)F)cc2)c1=S. The number of aromatic nitrogens is 3. The summed E-state index contributed by atoms with van der Waals surface area (Å²) in [5.74, 6) is 1.57. The molecule has 0 N–H and O–H groups in total. The summed E-state index contributed by atoms with van der Waals surface area (Å²) in [6.07, 6.45) is -1.98. The second-order valence-electron chi connectivity index (χ2n) is 6.51. The van der Waals surface area contributed by atoms with Crippen LogP contribution in [-0.2, 0) is 25.9 Å². The standard InChI is InChI=1S/C17H21F3N4S/c1-3-23-15(13-6-7-13)21-24(16(23)25)11-22(2)10-12-4-8-14(9-5-12)17(18,19)20/h4-5,8-9,13H,3,6-7,10-11H2,1-2H3. The van der Waals surface area contributed by atoms with Crippen LogP contribution in [-0.4, -0.2) is 26.3 Å². The maximum Gasteiger partial charge on any atom is 0.416 e. The van der Waals surface area contributed by atoms with Crippen LogP contribution in [0.4, 0.5) is 13.2 Å². The van der Waals surface area contributed by atoms with E-state index in [2.05, 4.69) is 16.6 Å². The third-order valence-electron chi connectivity index (χ3n) is 4.32. The van der Waals surface area contributed by atoms with Gasteiger partial charge in [-0.05, 0) is 56.7 Å². The highest BCUT2D eigenvalue weighted by molar-refractivity contribution is 7.71. The van der Waals surface area contributed by atoms with Crippen LogP contribution in [0, 0.1) is 4.77 Å². The summed E-state index contributed by atoms with van der Waals surface area (Å²) < 4.78 is 42.4. The van der Waals surface area contributed by atoms with Crippen LogP contribution in [0.1, 0.15) is 42.6 Å². The first-order valence-electron chi connectivity index (χ1n) is 8.31. The third kappa shape index (κ3) is 4.12. The van der Waals surface area contributed by atoms with Crippen molar-refractivity contribution < 1.29 is 13.2 Å². The van der Waals surface area contributed by atoms with Crippen molar-refractivity contribution in [2.45, 2.75) is 51.6 Å². The van der Waals surface area contributed by atoms with Gasteiger partial charge in [0.25, 0.3) is 0 Å². The average Bonchev–Trinajstić information content (AvgIpc) is 3.33. The van der Waals surface area contributed by atoms with E-state index >= 15 is 0 Å². The Morgan fingerprint density at radius 1 is 1.24 bits per heavy atom. The van der Waals surface area contributed by atoms with Crippen molar-refractivity contribution in [1.29, 1.82) is 0 Å². The lowest BCUT2D eigenvalue weighted by atomic mass is 10.1. The van der Waals surface area contributed by atoms with Gasteiger partial charge in [-0.3, -0.25) is 4.90 Å². The lowest BCUT2D eigenvalue weighted by Crippen LogP contribution is -2.22. The van der Waals surface area contributed by atoms with Crippen LogP contribution in [0.3, 0.4) is 0 Å². The Kier molecular flexibility index (Phi) is 5.02. The van der Waals surface area contributed by atoms with Crippen molar-refractivity contribution >= 4 is 12.2 Å². The number of benzene rings is 1. The van der Waals surface area contributed by atoms with Gasteiger partial charge in [0.05, 0.1) is 12.2 Å². The minimum Gasteiger partial charge on any atom is -0.304 e. The summed E-state index contributed by atoms with van der Waals surface area (Å²) in [5.41, 5.74) is 0.191. The first kappa shape index (κ1) is 18.1. The molecule has 1 aromatic carbocycles. The third-order valence-corrected chi connectivity index (χ3v) is 4.75. The summed E-state index contributed by atoms with van der Waals surface area (Å²) in [6, 6.07) is 5.26. The number of hydrogen-bond donors (Lipinski definition) is 0. The maximum atomic E-state index is 12.6. The Morgan fingerprint density at radius 3 is 2.40 bits per heavy atom. The molecule has 1 aliphatic rings. The maximum absolute atomic E-state index is 12.6. The predicted molar refractivity (Wildman–Crippen MR) is 91.6 cm³/mol. The van der Waals surface area contributed by atoms with Crippen molar-refractivity contribution in [3.63, 3.8) is 0 Å². The molecule has 1 heterocycles. The van der Waals surface area contributed by atoms with Gasteiger partial charge in [0.15, 0.2) is 4.77 Å². The van der Waals surface area contributed by atoms with E-state index in [0.29, 0.717) is 23.9 Å². The summed E-state index contributed by atoms with van der Waals surface area (Å²) >= 11 is 5.51. The summed E-state index contributed by atoms with van der Waals surface area (Å²) in [7, 11) is 1.90. The average molecular weight is 370 g/mol. The summed E-state index contributed by atoms with van der Waals surface area (Å²) in [6.45, 7) is 3.89. The Labute approximate surface area is 149 Å². The molecule has 136 valence electrons. The van der Waals surface area contributed by atoms with Crippen LogP contribution in [0.25, 0.3) is 0 Å². The molecule has 4 nitrogen and oxygen atoms in total. The molecule has 0 saturated heterocycles. The first-order valence-corrected chi connectivity index (χ1v) is 8.72. The Balaban J connectivity index is 1.68. The lowest BCUT2D eigenvalue weighted by Gasteiger charge is -2.17. The quantitative estimate of drug-likeness (QED) is 0.704. The molecule has 0 spiro atoms. The second kappa shape index (κ2) is 6.92. The fraction of sp³-hybridized carbons (Fsp3) is 0.529. The number of rotatable bonds is 6. The largest absolute Gasteiger partial charge is 0.416 e. The van der Waals surface area contributed by atoms with Crippen molar-refractivity contribution in [2.24, 2.45) is 0 Å². The monoisotopic (exact) mass is 370 g/mol. The van der Waals surface area contributed by atoms with E-state index in [9.17, 15) is 13.2 Å². The molecule has 25 heavy (non-hydrogen) atoms. The van der Waals surface area contributed by atoms with Crippen LogP contribution in [0.2, 0.25) is 0 Å². The van der Waals surface area contributed by atoms with Gasteiger partial charge in [0.2, 0.25) is 0 Å². The molecule has 0 unspecified atom stereocenters. The molecule has 1 aromatic heterocycles. The normalized spacial score (nSPS) is 15.1. The van der Waals surface area contributed by atoms with E-state index in [1.165, 1.54) is 12.1 Å². The Bertz CT molecular complexity index is 788. The lowest BCUT2D eigenvalue weighted by molar-refractivity contribution is -0.137. The molecule has 0 radical (unpaired) electrons. The first-order chi connectivity index (χ1) is 11.8. The van der Waals surface area contributed by atoms with Crippen LogP contribution in [0.5, 0.6) is 0 Å². The summed E-state index contributed by atoms with van der Waals surface area (Å²) in [5, 5.41) is 4.66. The smallest absolute Gasteiger partial charge is 0.304 e.